The zero-order valence-corrected chi connectivity index (χ0v) is 22.0. The zero-order chi connectivity index (χ0) is 27.8. The molecule has 0 aliphatic heterocycles. The number of likely N-dealkylation sites (N-methyl/N-ethyl adjacent to an activating group) is 1. The van der Waals surface area contributed by atoms with Crippen LogP contribution in [0.15, 0.2) is 40.9 Å². The zero-order valence-electron chi connectivity index (χ0n) is 22.0. The third-order valence-corrected chi connectivity index (χ3v) is 8.07. The number of benzene rings is 1. The predicted octanol–water partition coefficient (Wildman–Crippen LogP) is 1.09. The summed E-state index contributed by atoms with van der Waals surface area (Å²) in [5, 5.41) is 60.9. The molecular weight excluding hydrogens is 478 g/mol. The minimum Gasteiger partial charge on any atom is -0.510 e. The van der Waals surface area contributed by atoms with Crippen molar-refractivity contribution >= 4 is 11.7 Å². The highest BCUT2D eigenvalue weighted by Gasteiger charge is 2.67. The number of hydrogen-bond acceptors (Lipinski definition) is 9. The minimum absolute atomic E-state index is 0.00488. The van der Waals surface area contributed by atoms with Crippen molar-refractivity contribution in [1.29, 1.82) is 0 Å². The number of amides is 1. The number of nitrogens with two attached hydrogens (primary N) is 1. The van der Waals surface area contributed by atoms with Crippen LogP contribution in [0.3, 0.4) is 0 Å². The van der Waals surface area contributed by atoms with Crippen LogP contribution in [0.1, 0.15) is 49.5 Å². The Kier molecular flexibility index (Phi) is 6.48. The summed E-state index contributed by atoms with van der Waals surface area (Å²) >= 11 is 0. The first-order chi connectivity index (χ1) is 17.1. The Bertz CT molecular complexity index is 1210. The fourth-order valence-corrected chi connectivity index (χ4v) is 6.46. The third kappa shape index (κ3) is 3.85. The number of primary amides is 1. The lowest BCUT2D eigenvalue weighted by atomic mass is 9.54. The van der Waals surface area contributed by atoms with Crippen LogP contribution in [-0.2, 0) is 4.79 Å². The first-order valence-corrected chi connectivity index (χ1v) is 12.4. The van der Waals surface area contributed by atoms with Crippen molar-refractivity contribution < 1.29 is 35.1 Å². The highest BCUT2D eigenvalue weighted by Crippen LogP contribution is 2.56. The summed E-state index contributed by atoms with van der Waals surface area (Å²) in [6, 6.07) is 2.11. The molecule has 0 saturated carbocycles. The number of fused-ring (bicyclic) bond motifs is 3. The second-order valence-corrected chi connectivity index (χ2v) is 11.9. The van der Waals surface area contributed by atoms with E-state index in [1.807, 2.05) is 20.8 Å². The van der Waals surface area contributed by atoms with E-state index in [1.165, 1.54) is 11.0 Å². The molecule has 0 fully saturated rings. The second kappa shape index (κ2) is 8.83. The smallest absolute Gasteiger partial charge is 0.249 e. The molecule has 0 saturated heterocycles. The number of phenols is 1. The molecule has 0 heterocycles. The Morgan fingerprint density at radius 1 is 1.19 bits per heavy atom. The van der Waals surface area contributed by atoms with E-state index in [4.69, 9.17) is 5.73 Å². The monoisotopic (exact) mass is 515 g/mol. The Balaban J connectivity index is 2.05. The van der Waals surface area contributed by atoms with E-state index in [2.05, 4.69) is 5.32 Å². The highest BCUT2D eigenvalue weighted by molar-refractivity contribution is 6.14. The molecule has 10 heteroatoms. The molecule has 37 heavy (non-hydrogen) atoms. The number of aliphatic hydroxyl groups is 4. The van der Waals surface area contributed by atoms with Crippen LogP contribution in [0, 0.1) is 17.3 Å². The number of ketones is 1. The number of phenolic OH excluding ortho intramolecular Hbond substituents is 1. The number of rotatable bonds is 4. The van der Waals surface area contributed by atoms with Gasteiger partial charge in [0.05, 0.1) is 29.3 Å². The summed E-state index contributed by atoms with van der Waals surface area (Å²) in [6.45, 7) is 7.74. The van der Waals surface area contributed by atoms with Gasteiger partial charge in [0.2, 0.25) is 5.91 Å². The molecule has 202 valence electrons. The van der Waals surface area contributed by atoms with E-state index in [1.54, 1.807) is 33.2 Å². The standard InChI is InChI=1S/C27H37N3O7/c1-11-12-8-7-9-13(31)15(12)20(32)16-14(11)21(33)18-19(30(5)6)22(34)17(25(28)36)23(27(18,37)24(16)35)29-10-26(2,3)4/h7-9,11,14,18-19,21,23,29,31,33-35,37H,10H2,1-6H3,(H2,28,36)/t11-,14+,18+,19-,21-,23?,27+/m0/s1. The number of nitrogens with one attached hydrogen (secondary N) is 1. The van der Waals surface area contributed by atoms with E-state index in [9.17, 15) is 35.1 Å². The van der Waals surface area contributed by atoms with E-state index in [0.29, 0.717) is 5.56 Å². The van der Waals surface area contributed by atoms with Crippen LogP contribution in [0.2, 0.25) is 0 Å². The van der Waals surface area contributed by atoms with E-state index in [0.717, 1.165) is 0 Å². The summed E-state index contributed by atoms with van der Waals surface area (Å²) in [4.78, 5) is 27.9. The Morgan fingerprint density at radius 3 is 2.35 bits per heavy atom. The Morgan fingerprint density at radius 2 is 1.81 bits per heavy atom. The van der Waals surface area contributed by atoms with Crippen LogP contribution in [0.4, 0.5) is 0 Å². The molecule has 1 unspecified atom stereocenters. The summed E-state index contributed by atoms with van der Waals surface area (Å²) in [6.07, 6.45) is -1.42. The molecule has 4 rings (SSSR count). The lowest BCUT2D eigenvalue weighted by Crippen LogP contribution is -2.72. The number of hydrogen-bond donors (Lipinski definition) is 7. The number of carbonyl (C=O) groups is 2. The molecule has 1 aromatic rings. The number of Topliss-reactive ketones (excluding diaryl/α,β-unsaturated/α-hetero) is 1. The van der Waals surface area contributed by atoms with Gasteiger partial charge in [0.15, 0.2) is 5.78 Å². The van der Waals surface area contributed by atoms with Crippen LogP contribution < -0.4 is 11.1 Å². The Hall–Kier alpha value is -2.92. The maximum absolute atomic E-state index is 13.7. The molecule has 1 aromatic carbocycles. The molecule has 7 atom stereocenters. The predicted molar refractivity (Wildman–Crippen MR) is 136 cm³/mol. The maximum Gasteiger partial charge on any atom is 0.249 e. The van der Waals surface area contributed by atoms with Crippen LogP contribution in [0.5, 0.6) is 5.75 Å². The molecule has 0 radical (unpaired) electrons. The van der Waals surface area contributed by atoms with Crippen molar-refractivity contribution in [2.24, 2.45) is 23.0 Å². The van der Waals surface area contributed by atoms with Crippen molar-refractivity contribution in [3.63, 3.8) is 0 Å². The van der Waals surface area contributed by atoms with Crippen LogP contribution >= 0.6 is 0 Å². The van der Waals surface area contributed by atoms with Gasteiger partial charge in [0, 0.05) is 24.0 Å². The Labute approximate surface area is 216 Å². The minimum atomic E-state index is -2.39. The fourth-order valence-electron chi connectivity index (χ4n) is 6.46. The van der Waals surface area contributed by atoms with Gasteiger partial charge >= 0.3 is 0 Å². The van der Waals surface area contributed by atoms with Crippen molar-refractivity contribution in [3.8, 4) is 5.75 Å². The first kappa shape index (κ1) is 27.1. The highest BCUT2D eigenvalue weighted by atomic mass is 16.3. The normalized spacial score (nSPS) is 33.8. The number of nitrogens with zero attached hydrogens (tertiary/aromatic N) is 1. The molecule has 1 amide bonds. The van der Waals surface area contributed by atoms with Gasteiger partial charge in [0.1, 0.15) is 22.9 Å². The van der Waals surface area contributed by atoms with Gasteiger partial charge < -0.3 is 36.6 Å². The van der Waals surface area contributed by atoms with Crippen LogP contribution in [-0.4, -0.2) is 86.6 Å². The summed E-state index contributed by atoms with van der Waals surface area (Å²) in [7, 11) is 3.21. The van der Waals surface area contributed by atoms with Crippen LogP contribution in [0.25, 0.3) is 0 Å². The summed E-state index contributed by atoms with van der Waals surface area (Å²) in [5.74, 6) is -5.83. The second-order valence-electron chi connectivity index (χ2n) is 11.9. The third-order valence-electron chi connectivity index (χ3n) is 8.07. The van der Waals surface area contributed by atoms with Gasteiger partial charge in [0.25, 0.3) is 0 Å². The molecule has 3 aliphatic rings. The quantitative estimate of drug-likeness (QED) is 0.309. The average molecular weight is 516 g/mol. The van der Waals surface area contributed by atoms with Gasteiger partial charge in [-0.15, -0.1) is 0 Å². The van der Waals surface area contributed by atoms with Crippen molar-refractivity contribution in [2.75, 3.05) is 20.6 Å². The topological polar surface area (TPSA) is 177 Å². The molecular formula is C27H37N3O7. The van der Waals surface area contributed by atoms with Gasteiger partial charge in [-0.1, -0.05) is 39.8 Å². The summed E-state index contributed by atoms with van der Waals surface area (Å²) in [5.41, 5.74) is 2.90. The van der Waals surface area contributed by atoms with Crippen molar-refractivity contribution in [2.45, 2.75) is 57.4 Å². The first-order valence-electron chi connectivity index (χ1n) is 12.4. The number of aliphatic hydroxyl groups excluding tert-OH is 3. The maximum atomic E-state index is 13.7. The summed E-state index contributed by atoms with van der Waals surface area (Å²) < 4.78 is 0. The number of aromatic hydroxyl groups is 1. The molecule has 0 aromatic heterocycles. The molecule has 0 bridgehead atoms. The van der Waals surface area contributed by atoms with Crippen molar-refractivity contribution in [1.82, 2.24) is 10.2 Å². The van der Waals surface area contributed by atoms with Gasteiger partial charge in [-0.25, -0.2) is 0 Å². The van der Waals surface area contributed by atoms with E-state index >= 15 is 0 Å². The molecule has 10 nitrogen and oxygen atoms in total. The van der Waals surface area contributed by atoms with Crippen molar-refractivity contribution in [3.05, 3.63) is 52.0 Å². The fraction of sp³-hybridized carbons (Fsp3) is 0.556. The van der Waals surface area contributed by atoms with E-state index < -0.39 is 64.8 Å². The van der Waals surface area contributed by atoms with Gasteiger partial charge in [-0.3, -0.25) is 14.5 Å². The van der Waals surface area contributed by atoms with Gasteiger partial charge in [-0.2, -0.15) is 0 Å². The molecule has 8 N–H and O–H groups in total. The van der Waals surface area contributed by atoms with E-state index in [-0.39, 0.29) is 34.4 Å². The lowest BCUT2D eigenvalue weighted by Gasteiger charge is -2.57. The molecule has 3 aliphatic carbocycles. The number of carbonyl (C=O) groups excluding carboxylic acids is 2. The van der Waals surface area contributed by atoms with Gasteiger partial charge in [-0.05, 0) is 37.1 Å². The largest absolute Gasteiger partial charge is 0.510 e. The SMILES string of the molecule is C[C@H]1c2cccc(O)c2C(=O)C2=C(O)[C@]3(O)C(NCC(C)(C)C)C(C(N)=O)=C(O)[C@@H](N(C)C)[C@@H]3[C@@H](O)[C@@H]21. The average Bonchev–Trinajstić information content (AvgIpc) is 2.78. The lowest BCUT2D eigenvalue weighted by molar-refractivity contribution is -0.147. The molecule has 0 spiro atoms.